The van der Waals surface area contributed by atoms with E-state index in [4.69, 9.17) is 16.3 Å². The summed E-state index contributed by atoms with van der Waals surface area (Å²) in [6.07, 6.45) is 0. The third-order valence-electron chi connectivity index (χ3n) is 3.26. The number of ether oxygens (including phenoxy) is 1. The van der Waals surface area contributed by atoms with Crippen molar-refractivity contribution in [3.63, 3.8) is 0 Å². The number of benzene rings is 2. The van der Waals surface area contributed by atoms with Crippen molar-refractivity contribution in [1.29, 1.82) is 0 Å². The lowest BCUT2D eigenvalue weighted by molar-refractivity contribution is -0.385. The fraction of sp³-hybridized carbons (Fsp3) is 0.125. The van der Waals surface area contributed by atoms with Gasteiger partial charge in [0, 0.05) is 17.3 Å². The number of nitro benzene ring substituents is 1. The molecule has 0 atom stereocenters. The molecule has 0 spiro atoms. The first-order chi connectivity index (χ1) is 11.8. The normalized spacial score (nSPS) is 10.2. The topological polar surface area (TPSA) is 98.5 Å². The van der Waals surface area contributed by atoms with Gasteiger partial charge in [-0.25, -0.2) is 9.18 Å². The molecule has 0 aliphatic rings. The summed E-state index contributed by atoms with van der Waals surface area (Å²) in [7, 11) is 0. The Morgan fingerprint density at radius 1 is 1.32 bits per heavy atom. The Balaban J connectivity index is 2.00. The smallest absolute Gasteiger partial charge is 0.339 e. The molecule has 0 unspecified atom stereocenters. The van der Waals surface area contributed by atoms with Gasteiger partial charge in [-0.2, -0.15) is 0 Å². The number of nitro groups is 1. The lowest BCUT2D eigenvalue weighted by Gasteiger charge is -2.08. The first-order valence-electron chi connectivity index (χ1n) is 6.95. The van der Waals surface area contributed by atoms with Crippen molar-refractivity contribution >= 4 is 34.9 Å². The molecule has 1 N–H and O–H groups in total. The number of hydrogen-bond donors (Lipinski definition) is 1. The number of esters is 1. The van der Waals surface area contributed by atoms with Gasteiger partial charge in [-0.15, -0.1) is 0 Å². The van der Waals surface area contributed by atoms with E-state index in [-0.39, 0.29) is 27.5 Å². The molecule has 7 nitrogen and oxygen atoms in total. The fourth-order valence-corrected chi connectivity index (χ4v) is 2.20. The molecule has 0 radical (unpaired) electrons. The predicted octanol–water partition coefficient (Wildman–Crippen LogP) is 3.49. The molecule has 0 saturated carbocycles. The minimum atomic E-state index is -0.867. The molecule has 2 aromatic rings. The Morgan fingerprint density at radius 2 is 2.04 bits per heavy atom. The number of halogens is 2. The summed E-state index contributed by atoms with van der Waals surface area (Å²) in [5.74, 6) is -2.17. The van der Waals surface area contributed by atoms with Crippen LogP contribution in [-0.4, -0.2) is 23.4 Å². The van der Waals surface area contributed by atoms with E-state index >= 15 is 0 Å². The monoisotopic (exact) mass is 366 g/mol. The van der Waals surface area contributed by atoms with Gasteiger partial charge >= 0.3 is 5.97 Å². The number of nitrogens with one attached hydrogen (secondary N) is 1. The minimum absolute atomic E-state index is 0.00757. The maximum absolute atomic E-state index is 13.0. The standard InChI is InChI=1S/C16H12ClFN2O5/c1-9-11(3-2-4-14(9)20(23)24)16(22)25-8-15(21)19-10-5-6-13(18)12(17)7-10/h2-7H,8H2,1H3,(H,19,21). The molecule has 0 aromatic heterocycles. The number of hydrogen-bond acceptors (Lipinski definition) is 5. The average molecular weight is 367 g/mol. The van der Waals surface area contributed by atoms with Crippen molar-refractivity contribution < 1.29 is 23.6 Å². The number of nitrogens with zero attached hydrogens (tertiary/aromatic N) is 1. The molecule has 0 aliphatic carbocycles. The van der Waals surface area contributed by atoms with E-state index in [9.17, 15) is 24.1 Å². The Hall–Kier alpha value is -3.00. The Labute approximate surface area is 146 Å². The molecule has 25 heavy (non-hydrogen) atoms. The van der Waals surface area contributed by atoms with Gasteiger partial charge in [0.15, 0.2) is 6.61 Å². The Kier molecular flexibility index (Phi) is 5.66. The summed E-state index contributed by atoms with van der Waals surface area (Å²) in [6, 6.07) is 7.56. The lowest BCUT2D eigenvalue weighted by atomic mass is 10.1. The van der Waals surface area contributed by atoms with Gasteiger partial charge in [-0.1, -0.05) is 17.7 Å². The molecular formula is C16H12ClFN2O5. The van der Waals surface area contributed by atoms with Crippen LogP contribution in [0.5, 0.6) is 0 Å². The molecule has 0 heterocycles. The molecule has 130 valence electrons. The average Bonchev–Trinajstić information content (AvgIpc) is 2.56. The summed E-state index contributed by atoms with van der Waals surface area (Å²) in [4.78, 5) is 34.0. The first-order valence-corrected chi connectivity index (χ1v) is 7.33. The largest absolute Gasteiger partial charge is 0.452 e. The van der Waals surface area contributed by atoms with Gasteiger partial charge in [0.05, 0.1) is 15.5 Å². The third kappa shape index (κ3) is 4.51. The Morgan fingerprint density at radius 3 is 2.68 bits per heavy atom. The van der Waals surface area contributed by atoms with E-state index in [1.54, 1.807) is 0 Å². The first kappa shape index (κ1) is 18.3. The zero-order valence-electron chi connectivity index (χ0n) is 12.9. The van der Waals surface area contributed by atoms with Crippen molar-refractivity contribution in [2.24, 2.45) is 0 Å². The molecule has 9 heteroatoms. The van der Waals surface area contributed by atoms with Gasteiger partial charge in [0.1, 0.15) is 5.82 Å². The summed E-state index contributed by atoms with van der Waals surface area (Å²) >= 11 is 5.60. The van der Waals surface area contributed by atoms with Crippen molar-refractivity contribution in [3.05, 3.63) is 68.5 Å². The van der Waals surface area contributed by atoms with Crippen molar-refractivity contribution in [2.45, 2.75) is 6.92 Å². The molecule has 2 rings (SSSR count). The van der Waals surface area contributed by atoms with Crippen LogP contribution in [0.1, 0.15) is 15.9 Å². The maximum atomic E-state index is 13.0. The van der Waals surface area contributed by atoms with Gasteiger partial charge in [0.25, 0.3) is 11.6 Å². The maximum Gasteiger partial charge on any atom is 0.339 e. The van der Waals surface area contributed by atoms with E-state index in [1.165, 1.54) is 37.3 Å². The van der Waals surface area contributed by atoms with Gasteiger partial charge in [-0.05, 0) is 31.2 Å². The molecule has 0 aliphatic heterocycles. The third-order valence-corrected chi connectivity index (χ3v) is 3.55. The van der Waals surface area contributed by atoms with Crippen molar-refractivity contribution in [3.8, 4) is 0 Å². The van der Waals surface area contributed by atoms with Crippen LogP contribution >= 0.6 is 11.6 Å². The lowest BCUT2D eigenvalue weighted by Crippen LogP contribution is -2.21. The number of carbonyl (C=O) groups excluding carboxylic acids is 2. The van der Waals surface area contributed by atoms with E-state index in [0.717, 1.165) is 6.07 Å². The highest BCUT2D eigenvalue weighted by atomic mass is 35.5. The van der Waals surface area contributed by atoms with Crippen molar-refractivity contribution in [2.75, 3.05) is 11.9 Å². The van der Waals surface area contributed by atoms with Crippen LogP contribution in [-0.2, 0) is 9.53 Å². The highest BCUT2D eigenvalue weighted by Gasteiger charge is 2.19. The second-order valence-corrected chi connectivity index (χ2v) is 5.37. The molecule has 0 bridgehead atoms. The molecule has 0 saturated heterocycles. The SMILES string of the molecule is Cc1c(C(=O)OCC(=O)Nc2ccc(F)c(Cl)c2)cccc1[N+](=O)[O-]. The zero-order chi connectivity index (χ0) is 18.6. The quantitative estimate of drug-likeness (QED) is 0.496. The van der Waals surface area contributed by atoms with Gasteiger partial charge < -0.3 is 10.1 Å². The van der Waals surface area contributed by atoms with Crippen LogP contribution < -0.4 is 5.32 Å². The number of anilines is 1. The van der Waals surface area contributed by atoms with Crippen LogP contribution in [0.15, 0.2) is 36.4 Å². The van der Waals surface area contributed by atoms with Crippen molar-refractivity contribution in [1.82, 2.24) is 0 Å². The molecule has 2 aromatic carbocycles. The highest BCUT2D eigenvalue weighted by Crippen LogP contribution is 2.22. The predicted molar refractivity (Wildman–Crippen MR) is 88.2 cm³/mol. The molecular weight excluding hydrogens is 355 g/mol. The summed E-state index contributed by atoms with van der Waals surface area (Å²) in [5.41, 5.74) is 0.147. The van der Waals surface area contributed by atoms with Crippen LogP contribution in [0.2, 0.25) is 5.02 Å². The summed E-state index contributed by atoms with van der Waals surface area (Å²) in [6.45, 7) is 0.797. The van der Waals surface area contributed by atoms with Crippen LogP contribution in [0.25, 0.3) is 0 Å². The summed E-state index contributed by atoms with van der Waals surface area (Å²) < 4.78 is 17.9. The second kappa shape index (κ2) is 7.71. The van der Waals surface area contributed by atoms with E-state index in [2.05, 4.69) is 5.32 Å². The molecule has 0 fully saturated rings. The van der Waals surface area contributed by atoms with E-state index in [0.29, 0.717) is 0 Å². The van der Waals surface area contributed by atoms with Gasteiger partial charge in [-0.3, -0.25) is 14.9 Å². The minimum Gasteiger partial charge on any atom is -0.452 e. The van der Waals surface area contributed by atoms with Crippen LogP contribution in [0.4, 0.5) is 15.8 Å². The number of carbonyl (C=O) groups is 2. The number of rotatable bonds is 5. The zero-order valence-corrected chi connectivity index (χ0v) is 13.7. The second-order valence-electron chi connectivity index (χ2n) is 4.96. The Bertz CT molecular complexity index is 856. The highest BCUT2D eigenvalue weighted by molar-refractivity contribution is 6.31. The number of amides is 1. The van der Waals surface area contributed by atoms with Crippen LogP contribution in [0, 0.1) is 22.9 Å². The van der Waals surface area contributed by atoms with E-state index < -0.39 is 29.2 Å². The summed E-state index contributed by atoms with van der Waals surface area (Å²) in [5, 5.41) is 13.1. The fourth-order valence-electron chi connectivity index (χ4n) is 2.02. The van der Waals surface area contributed by atoms with Crippen LogP contribution in [0.3, 0.4) is 0 Å². The van der Waals surface area contributed by atoms with Gasteiger partial charge in [0.2, 0.25) is 0 Å². The van der Waals surface area contributed by atoms with E-state index in [1.807, 2.05) is 0 Å². The molecule has 1 amide bonds.